The summed E-state index contributed by atoms with van der Waals surface area (Å²) in [5, 5.41) is 6.84. The molecule has 0 fully saturated rings. The monoisotopic (exact) mass is 368 g/mol. The molecule has 0 radical (unpaired) electrons. The lowest BCUT2D eigenvalue weighted by Gasteiger charge is -2.14. The van der Waals surface area contributed by atoms with Crippen LogP contribution in [0.3, 0.4) is 0 Å². The van der Waals surface area contributed by atoms with Crippen molar-refractivity contribution in [1.82, 2.24) is 9.97 Å². The Morgan fingerprint density at radius 2 is 2.00 bits per heavy atom. The number of nitrogens with two attached hydrogens (primary N) is 2. The first-order valence-corrected chi connectivity index (χ1v) is 8.46. The normalized spacial score (nSPS) is 10.8. The van der Waals surface area contributed by atoms with Crippen LogP contribution in [0.1, 0.15) is 12.0 Å². The molecule has 2 heterocycles. The second kappa shape index (κ2) is 7.55. The van der Waals surface area contributed by atoms with Gasteiger partial charge in [0.05, 0.1) is 17.6 Å². The summed E-state index contributed by atoms with van der Waals surface area (Å²) < 4.78 is 15.0. The molecule has 3 rings (SSSR count). The van der Waals surface area contributed by atoms with E-state index in [9.17, 15) is 9.18 Å². The first-order valence-electron chi connectivity index (χ1n) is 8.46. The third kappa shape index (κ3) is 3.52. The first kappa shape index (κ1) is 18.5. The number of nitrogens with zero attached hydrogens (tertiary/aromatic N) is 2. The molecule has 1 amide bonds. The van der Waals surface area contributed by atoms with Crippen LogP contribution in [0.5, 0.6) is 0 Å². The number of amides is 1. The Morgan fingerprint density at radius 3 is 2.70 bits per heavy atom. The summed E-state index contributed by atoms with van der Waals surface area (Å²) in [4.78, 5) is 20.0. The molecule has 8 heteroatoms. The number of hydrogen-bond acceptors (Lipinski definition) is 6. The van der Waals surface area contributed by atoms with Crippen LogP contribution in [0.15, 0.2) is 30.7 Å². The van der Waals surface area contributed by atoms with Gasteiger partial charge in [-0.2, -0.15) is 0 Å². The van der Waals surface area contributed by atoms with E-state index in [1.807, 2.05) is 6.92 Å². The molecule has 0 spiro atoms. The zero-order valence-electron chi connectivity index (χ0n) is 15.1. The lowest BCUT2D eigenvalue weighted by atomic mass is 9.97. The van der Waals surface area contributed by atoms with Crippen molar-refractivity contribution in [2.45, 2.75) is 13.3 Å². The van der Waals surface area contributed by atoms with E-state index in [2.05, 4.69) is 20.6 Å². The zero-order valence-corrected chi connectivity index (χ0v) is 15.1. The fraction of sp³-hybridized carbons (Fsp3) is 0.211. The molecule has 2 aromatic heterocycles. The van der Waals surface area contributed by atoms with Gasteiger partial charge in [-0.05, 0) is 30.0 Å². The molecule has 0 saturated carbocycles. The zero-order chi connectivity index (χ0) is 19.6. The number of aromatic nitrogens is 2. The molecule has 0 unspecified atom stereocenters. The number of carbonyl (C=O) groups excluding carboxylic acids is 1. The topological polar surface area (TPSA) is 119 Å². The second-order valence-corrected chi connectivity index (χ2v) is 6.14. The predicted octanol–water partition coefficient (Wildman–Crippen LogP) is 2.66. The number of fused-ring (bicyclic) bond motifs is 1. The third-order valence-corrected chi connectivity index (χ3v) is 4.41. The predicted molar refractivity (Wildman–Crippen MR) is 106 cm³/mol. The third-order valence-electron chi connectivity index (χ3n) is 4.41. The maximum absolute atomic E-state index is 15.0. The van der Waals surface area contributed by atoms with Crippen molar-refractivity contribution in [1.29, 1.82) is 0 Å². The number of carbonyl (C=O) groups is 1. The molecule has 7 nitrogen and oxygen atoms in total. The standard InChI is InChI=1S/C19H21FN6O/c1-10-13(7-24-9-15(10)23-2)12-5-11-6-16(26-17(27)3-4-21)25-8-14(11)19(22)18(12)20/h5-9,23H,3-4,21-22H2,1-2H3,(H,25,26,27). The highest BCUT2D eigenvalue weighted by Crippen LogP contribution is 2.36. The highest BCUT2D eigenvalue weighted by Gasteiger charge is 2.17. The Labute approximate surface area is 156 Å². The van der Waals surface area contributed by atoms with Crippen LogP contribution < -0.4 is 22.1 Å². The first-order chi connectivity index (χ1) is 13.0. The average Bonchev–Trinajstić information content (AvgIpc) is 2.65. The molecule has 1 aromatic carbocycles. The molecule has 140 valence electrons. The maximum Gasteiger partial charge on any atom is 0.226 e. The Morgan fingerprint density at radius 1 is 1.22 bits per heavy atom. The molecule has 3 aromatic rings. The van der Waals surface area contributed by atoms with Crippen LogP contribution in [-0.2, 0) is 4.79 Å². The van der Waals surface area contributed by atoms with Crippen molar-refractivity contribution in [2.75, 3.05) is 30.0 Å². The summed E-state index contributed by atoms with van der Waals surface area (Å²) in [6, 6.07) is 3.35. The number of nitrogens with one attached hydrogen (secondary N) is 2. The van der Waals surface area contributed by atoms with Gasteiger partial charge in [0.15, 0.2) is 5.82 Å². The van der Waals surface area contributed by atoms with Gasteiger partial charge in [0, 0.05) is 48.9 Å². The van der Waals surface area contributed by atoms with Gasteiger partial charge in [-0.25, -0.2) is 9.37 Å². The van der Waals surface area contributed by atoms with Crippen LogP contribution in [0.4, 0.5) is 21.6 Å². The van der Waals surface area contributed by atoms with E-state index in [4.69, 9.17) is 11.5 Å². The summed E-state index contributed by atoms with van der Waals surface area (Å²) in [6.45, 7) is 2.13. The van der Waals surface area contributed by atoms with Crippen molar-refractivity contribution in [3.05, 3.63) is 42.1 Å². The second-order valence-electron chi connectivity index (χ2n) is 6.14. The minimum atomic E-state index is -0.526. The Hall–Kier alpha value is -3.26. The van der Waals surface area contributed by atoms with E-state index in [-0.39, 0.29) is 24.6 Å². The number of pyridine rings is 2. The number of halogens is 1. The van der Waals surface area contributed by atoms with Gasteiger partial charge in [0.25, 0.3) is 0 Å². The van der Waals surface area contributed by atoms with E-state index in [0.717, 1.165) is 11.3 Å². The minimum Gasteiger partial charge on any atom is -0.396 e. The summed E-state index contributed by atoms with van der Waals surface area (Å²) in [5.74, 6) is -0.402. The number of anilines is 3. The van der Waals surface area contributed by atoms with Gasteiger partial charge in [-0.3, -0.25) is 9.78 Å². The molecule has 0 bridgehead atoms. The summed E-state index contributed by atoms with van der Waals surface area (Å²) in [5.41, 5.74) is 14.0. The van der Waals surface area contributed by atoms with Gasteiger partial charge >= 0.3 is 0 Å². The van der Waals surface area contributed by atoms with Crippen molar-refractivity contribution in [2.24, 2.45) is 5.73 Å². The SMILES string of the molecule is CNc1cncc(-c2cc3cc(NC(=O)CCN)ncc3c(N)c2F)c1C. The molecule has 0 aliphatic carbocycles. The van der Waals surface area contributed by atoms with Crippen LogP contribution in [-0.4, -0.2) is 29.5 Å². The molecule has 0 atom stereocenters. The van der Waals surface area contributed by atoms with Gasteiger partial charge in [0.2, 0.25) is 5.91 Å². The fourth-order valence-electron chi connectivity index (χ4n) is 2.95. The van der Waals surface area contributed by atoms with E-state index >= 15 is 0 Å². The van der Waals surface area contributed by atoms with Crippen molar-refractivity contribution in [3.8, 4) is 11.1 Å². The van der Waals surface area contributed by atoms with Crippen molar-refractivity contribution < 1.29 is 9.18 Å². The van der Waals surface area contributed by atoms with E-state index in [1.165, 1.54) is 6.20 Å². The Kier molecular flexibility index (Phi) is 5.18. The van der Waals surface area contributed by atoms with Gasteiger partial charge in [0.1, 0.15) is 5.82 Å². The van der Waals surface area contributed by atoms with Gasteiger partial charge in [-0.1, -0.05) is 0 Å². The highest BCUT2D eigenvalue weighted by molar-refractivity contribution is 6.00. The van der Waals surface area contributed by atoms with E-state index in [0.29, 0.717) is 27.7 Å². The molecular formula is C19H21FN6O. The molecular weight excluding hydrogens is 347 g/mol. The fourth-order valence-corrected chi connectivity index (χ4v) is 2.95. The van der Waals surface area contributed by atoms with Gasteiger partial charge in [-0.15, -0.1) is 0 Å². The molecule has 0 aliphatic rings. The maximum atomic E-state index is 15.0. The summed E-state index contributed by atoms with van der Waals surface area (Å²) in [7, 11) is 1.78. The van der Waals surface area contributed by atoms with Crippen LogP contribution in [0.25, 0.3) is 21.9 Å². The van der Waals surface area contributed by atoms with E-state index < -0.39 is 5.82 Å². The summed E-state index contributed by atoms with van der Waals surface area (Å²) in [6.07, 6.45) is 4.92. The minimum absolute atomic E-state index is 0.00379. The number of hydrogen-bond donors (Lipinski definition) is 4. The Balaban J connectivity index is 2.14. The molecule has 0 saturated heterocycles. The summed E-state index contributed by atoms with van der Waals surface area (Å²) >= 11 is 0. The molecule has 6 N–H and O–H groups in total. The average molecular weight is 368 g/mol. The van der Waals surface area contributed by atoms with Gasteiger partial charge < -0.3 is 22.1 Å². The quantitative estimate of drug-likeness (QED) is 0.514. The number of rotatable bonds is 5. The lowest BCUT2D eigenvalue weighted by molar-refractivity contribution is -0.116. The number of nitrogen functional groups attached to an aromatic ring is 1. The van der Waals surface area contributed by atoms with Crippen LogP contribution in [0.2, 0.25) is 0 Å². The smallest absolute Gasteiger partial charge is 0.226 e. The lowest BCUT2D eigenvalue weighted by Crippen LogP contribution is -2.16. The van der Waals surface area contributed by atoms with Crippen molar-refractivity contribution in [3.63, 3.8) is 0 Å². The van der Waals surface area contributed by atoms with Crippen molar-refractivity contribution >= 4 is 33.9 Å². The highest BCUT2D eigenvalue weighted by atomic mass is 19.1. The molecule has 27 heavy (non-hydrogen) atoms. The van der Waals surface area contributed by atoms with Crippen LogP contribution >= 0.6 is 0 Å². The molecule has 0 aliphatic heterocycles. The largest absolute Gasteiger partial charge is 0.396 e. The van der Waals surface area contributed by atoms with E-state index in [1.54, 1.807) is 31.6 Å². The Bertz CT molecular complexity index is 1020. The number of benzene rings is 1. The van der Waals surface area contributed by atoms with Crippen LogP contribution in [0, 0.1) is 12.7 Å².